The maximum atomic E-state index is 13.0. The maximum absolute atomic E-state index is 13.0. The minimum atomic E-state index is -0.0181. The third-order valence-electron chi connectivity index (χ3n) is 5.47. The van der Waals surface area contributed by atoms with Crippen molar-refractivity contribution in [3.63, 3.8) is 0 Å². The Bertz CT molecular complexity index is 811. The lowest BCUT2D eigenvalue weighted by Crippen LogP contribution is -2.39. The number of hydrogen-bond acceptors (Lipinski definition) is 4. The second kappa shape index (κ2) is 9.79. The van der Waals surface area contributed by atoms with Crippen LogP contribution in [0, 0.1) is 13.8 Å². The Morgan fingerprint density at radius 1 is 1.10 bits per heavy atom. The first kappa shape index (κ1) is 21.2. The number of aryl methyl sites for hydroxylation is 2. The third kappa shape index (κ3) is 5.97. The van der Waals surface area contributed by atoms with Gasteiger partial charge in [0.2, 0.25) is 0 Å². The second-order valence-corrected chi connectivity index (χ2v) is 8.00. The molecule has 1 atom stereocenters. The summed E-state index contributed by atoms with van der Waals surface area (Å²) in [4.78, 5) is 16.9. The third-order valence-corrected chi connectivity index (χ3v) is 5.47. The van der Waals surface area contributed by atoms with Crippen molar-refractivity contribution in [3.8, 4) is 5.75 Å². The van der Waals surface area contributed by atoms with Crippen LogP contribution in [0.5, 0.6) is 5.75 Å². The molecule has 5 heteroatoms. The normalized spacial score (nSPS) is 15.9. The van der Waals surface area contributed by atoms with E-state index in [1.807, 2.05) is 44.1 Å². The molecule has 1 heterocycles. The summed E-state index contributed by atoms with van der Waals surface area (Å²) in [5, 5.41) is 0. The summed E-state index contributed by atoms with van der Waals surface area (Å²) in [5.74, 6) is 0.712. The van der Waals surface area contributed by atoms with Gasteiger partial charge in [-0.15, -0.1) is 0 Å². The van der Waals surface area contributed by atoms with Crippen LogP contribution in [-0.4, -0.2) is 50.8 Å². The summed E-state index contributed by atoms with van der Waals surface area (Å²) >= 11 is 0. The maximum Gasteiger partial charge on any atom is 0.260 e. The van der Waals surface area contributed by atoms with Gasteiger partial charge in [0.1, 0.15) is 5.75 Å². The molecule has 1 aliphatic heterocycles. The number of rotatable bonds is 8. The van der Waals surface area contributed by atoms with Crippen molar-refractivity contribution in [3.05, 3.63) is 59.2 Å². The fourth-order valence-electron chi connectivity index (χ4n) is 3.45. The van der Waals surface area contributed by atoms with E-state index >= 15 is 0 Å². The predicted molar refractivity (Wildman–Crippen MR) is 117 cm³/mol. The van der Waals surface area contributed by atoms with E-state index in [2.05, 4.69) is 36.1 Å². The van der Waals surface area contributed by atoms with Crippen LogP contribution in [0.15, 0.2) is 42.5 Å². The Morgan fingerprint density at radius 2 is 1.86 bits per heavy atom. The first-order chi connectivity index (χ1) is 13.9. The van der Waals surface area contributed by atoms with Gasteiger partial charge in [-0.1, -0.05) is 18.2 Å². The highest BCUT2D eigenvalue weighted by atomic mass is 16.5. The van der Waals surface area contributed by atoms with Crippen molar-refractivity contribution in [1.82, 2.24) is 4.90 Å². The Kier molecular flexibility index (Phi) is 7.15. The summed E-state index contributed by atoms with van der Waals surface area (Å²) in [7, 11) is 4.04. The quantitative estimate of drug-likeness (QED) is 0.677. The highest BCUT2D eigenvalue weighted by molar-refractivity contribution is 5.78. The van der Waals surface area contributed by atoms with Crippen molar-refractivity contribution >= 4 is 11.6 Å². The molecule has 2 aromatic rings. The topological polar surface area (TPSA) is 42.0 Å². The molecule has 0 radical (unpaired) electrons. The lowest BCUT2D eigenvalue weighted by Gasteiger charge is -2.26. The van der Waals surface area contributed by atoms with E-state index in [-0.39, 0.29) is 18.6 Å². The van der Waals surface area contributed by atoms with E-state index in [0.29, 0.717) is 13.1 Å². The van der Waals surface area contributed by atoms with Gasteiger partial charge in [-0.05, 0) is 67.6 Å². The molecule has 1 unspecified atom stereocenters. The van der Waals surface area contributed by atoms with Crippen LogP contribution >= 0.6 is 0 Å². The molecule has 2 aromatic carbocycles. The van der Waals surface area contributed by atoms with Gasteiger partial charge in [-0.25, -0.2) is 0 Å². The monoisotopic (exact) mass is 396 g/mol. The number of hydrogen-bond donors (Lipinski definition) is 0. The number of amides is 1. The number of carbonyl (C=O) groups is 1. The molecule has 0 spiro atoms. The average Bonchev–Trinajstić information content (AvgIpc) is 3.21. The molecular weight excluding hydrogens is 364 g/mol. The van der Waals surface area contributed by atoms with Gasteiger partial charge in [0.25, 0.3) is 5.91 Å². The predicted octanol–water partition coefficient (Wildman–Crippen LogP) is 3.96. The first-order valence-electron chi connectivity index (χ1n) is 10.3. The molecule has 1 aliphatic rings. The van der Waals surface area contributed by atoms with Crippen LogP contribution in [0.2, 0.25) is 0 Å². The van der Waals surface area contributed by atoms with E-state index in [0.717, 1.165) is 42.0 Å². The molecule has 1 fully saturated rings. The SMILES string of the molecule is Cc1ccc(OCC(=O)N(Cc2ccc(N(C)C)cc2)CC2CCCO2)cc1C. The minimum absolute atomic E-state index is 0.0181. The summed E-state index contributed by atoms with van der Waals surface area (Å²) in [6.45, 7) is 6.09. The summed E-state index contributed by atoms with van der Waals surface area (Å²) in [5.41, 5.74) is 4.62. The first-order valence-corrected chi connectivity index (χ1v) is 10.3. The molecule has 1 saturated heterocycles. The Morgan fingerprint density at radius 3 is 2.48 bits per heavy atom. The Balaban J connectivity index is 1.66. The van der Waals surface area contributed by atoms with Crippen LogP contribution < -0.4 is 9.64 Å². The van der Waals surface area contributed by atoms with Gasteiger partial charge < -0.3 is 19.3 Å². The van der Waals surface area contributed by atoms with Gasteiger partial charge >= 0.3 is 0 Å². The molecular formula is C24H32N2O3. The summed E-state index contributed by atoms with van der Waals surface area (Å²) in [6.07, 6.45) is 2.17. The van der Waals surface area contributed by atoms with Gasteiger partial charge in [0.15, 0.2) is 6.61 Å². The smallest absolute Gasteiger partial charge is 0.260 e. The van der Waals surface area contributed by atoms with Crippen molar-refractivity contribution < 1.29 is 14.3 Å². The van der Waals surface area contributed by atoms with E-state index < -0.39 is 0 Å². The molecule has 0 N–H and O–H groups in total. The lowest BCUT2D eigenvalue weighted by atomic mass is 10.1. The van der Waals surface area contributed by atoms with Gasteiger partial charge in [-0.2, -0.15) is 0 Å². The molecule has 0 aliphatic carbocycles. The van der Waals surface area contributed by atoms with Crippen LogP contribution in [0.1, 0.15) is 29.5 Å². The van der Waals surface area contributed by atoms with E-state index in [4.69, 9.17) is 9.47 Å². The standard InChI is InChI=1S/C24H32N2O3/c1-18-7-12-22(14-19(18)2)29-17-24(27)26(16-23-6-5-13-28-23)15-20-8-10-21(11-9-20)25(3)4/h7-12,14,23H,5-6,13,15-17H2,1-4H3. The highest BCUT2D eigenvalue weighted by Crippen LogP contribution is 2.19. The molecule has 29 heavy (non-hydrogen) atoms. The Hall–Kier alpha value is -2.53. The molecule has 1 amide bonds. The number of anilines is 1. The molecule has 5 nitrogen and oxygen atoms in total. The van der Waals surface area contributed by atoms with Gasteiger partial charge in [0, 0.05) is 39.5 Å². The van der Waals surface area contributed by atoms with E-state index in [9.17, 15) is 4.79 Å². The second-order valence-electron chi connectivity index (χ2n) is 8.00. The fourth-order valence-corrected chi connectivity index (χ4v) is 3.45. The molecule has 156 valence electrons. The molecule has 0 bridgehead atoms. The largest absolute Gasteiger partial charge is 0.484 e. The molecule has 0 aromatic heterocycles. The van der Waals surface area contributed by atoms with E-state index in [1.54, 1.807) is 0 Å². The van der Waals surface area contributed by atoms with Crippen molar-refractivity contribution in [1.29, 1.82) is 0 Å². The number of carbonyl (C=O) groups excluding carboxylic acids is 1. The lowest BCUT2D eigenvalue weighted by molar-refractivity contribution is -0.135. The van der Waals surface area contributed by atoms with Gasteiger partial charge in [-0.3, -0.25) is 4.79 Å². The van der Waals surface area contributed by atoms with Crippen molar-refractivity contribution in [2.24, 2.45) is 0 Å². The van der Waals surface area contributed by atoms with Crippen LogP contribution in [-0.2, 0) is 16.1 Å². The summed E-state index contributed by atoms with van der Waals surface area (Å²) in [6, 6.07) is 14.2. The van der Waals surface area contributed by atoms with Crippen molar-refractivity contribution in [2.75, 3.05) is 38.8 Å². The number of ether oxygens (including phenoxy) is 2. The van der Waals surface area contributed by atoms with E-state index in [1.165, 1.54) is 5.56 Å². The van der Waals surface area contributed by atoms with Crippen LogP contribution in [0.4, 0.5) is 5.69 Å². The van der Waals surface area contributed by atoms with Gasteiger partial charge in [0.05, 0.1) is 6.10 Å². The molecule has 0 saturated carbocycles. The number of nitrogens with zero attached hydrogens (tertiary/aromatic N) is 2. The zero-order chi connectivity index (χ0) is 20.8. The zero-order valence-corrected chi connectivity index (χ0v) is 18.0. The summed E-state index contributed by atoms with van der Waals surface area (Å²) < 4.78 is 11.6. The fraction of sp³-hybridized carbons (Fsp3) is 0.458. The van der Waals surface area contributed by atoms with Crippen molar-refractivity contribution in [2.45, 2.75) is 39.3 Å². The highest BCUT2D eigenvalue weighted by Gasteiger charge is 2.23. The average molecular weight is 397 g/mol. The zero-order valence-electron chi connectivity index (χ0n) is 18.0. The number of benzene rings is 2. The van der Waals surface area contributed by atoms with Crippen LogP contribution in [0.3, 0.4) is 0 Å². The Labute approximate surface area is 174 Å². The van der Waals surface area contributed by atoms with Crippen LogP contribution in [0.25, 0.3) is 0 Å². The minimum Gasteiger partial charge on any atom is -0.484 e. The molecule has 3 rings (SSSR count).